The predicted octanol–water partition coefficient (Wildman–Crippen LogP) is 1.73. The van der Waals surface area contributed by atoms with Crippen LogP contribution in [0.25, 0.3) is 0 Å². The second-order valence-corrected chi connectivity index (χ2v) is 4.76. The molecule has 0 radical (unpaired) electrons. The Hall–Kier alpha value is -1.60. The highest BCUT2D eigenvalue weighted by molar-refractivity contribution is 5.91. The van der Waals surface area contributed by atoms with Gasteiger partial charge < -0.3 is 15.1 Å². The molecule has 0 bridgehead atoms. The highest BCUT2D eigenvalue weighted by Crippen LogP contribution is 2.17. The summed E-state index contributed by atoms with van der Waals surface area (Å²) < 4.78 is 4.87. The Labute approximate surface area is 122 Å². The van der Waals surface area contributed by atoms with Crippen molar-refractivity contribution >= 4 is 24.2 Å². The molecular weight excluding hydrogens is 286 g/mol. The van der Waals surface area contributed by atoms with Gasteiger partial charge in [-0.25, -0.2) is 0 Å². The Morgan fingerprint density at radius 1 is 1.60 bits per heavy atom. The van der Waals surface area contributed by atoms with E-state index in [2.05, 4.69) is 10.6 Å². The first kappa shape index (κ1) is 16.5. The first-order valence-electron chi connectivity index (χ1n) is 6.33. The third-order valence-corrected chi connectivity index (χ3v) is 3.40. The molecule has 1 aromatic heterocycles. The van der Waals surface area contributed by atoms with Crippen molar-refractivity contribution < 1.29 is 14.1 Å². The highest BCUT2D eigenvalue weighted by Gasteiger charge is 2.24. The number of hydrogen-bond acceptors (Lipinski definition) is 5. The minimum atomic E-state index is -0.661. The summed E-state index contributed by atoms with van der Waals surface area (Å²) in [5.74, 6) is -0.478. The highest BCUT2D eigenvalue weighted by atomic mass is 35.5. The van der Waals surface area contributed by atoms with Crippen molar-refractivity contribution in [1.29, 1.82) is 0 Å². The second-order valence-electron chi connectivity index (χ2n) is 4.76. The number of amides is 1. The largest absolute Gasteiger partial charge is 0.433 e. The molecule has 1 fully saturated rings. The topological polar surface area (TPSA) is 97.4 Å². The van der Waals surface area contributed by atoms with Gasteiger partial charge in [0.25, 0.3) is 5.91 Å². The molecule has 1 aromatic rings. The summed E-state index contributed by atoms with van der Waals surface area (Å²) in [7, 11) is 0. The van der Waals surface area contributed by atoms with Crippen molar-refractivity contribution in [3.05, 3.63) is 28.0 Å². The van der Waals surface area contributed by atoms with Crippen molar-refractivity contribution in [3.63, 3.8) is 0 Å². The average molecular weight is 304 g/mol. The number of hydrogen-bond donors (Lipinski definition) is 2. The summed E-state index contributed by atoms with van der Waals surface area (Å²) in [6, 6.07) is 2.51. The average Bonchev–Trinajstić information content (AvgIpc) is 2.89. The molecule has 2 rings (SSSR count). The van der Waals surface area contributed by atoms with E-state index >= 15 is 0 Å². The zero-order valence-corrected chi connectivity index (χ0v) is 11.9. The molecule has 7 nitrogen and oxygen atoms in total. The van der Waals surface area contributed by atoms with Crippen LogP contribution in [-0.4, -0.2) is 30.0 Å². The van der Waals surface area contributed by atoms with E-state index in [9.17, 15) is 14.9 Å². The lowest BCUT2D eigenvalue weighted by molar-refractivity contribution is -0.402. The lowest BCUT2D eigenvalue weighted by Gasteiger charge is -2.28. The molecule has 0 saturated carbocycles. The van der Waals surface area contributed by atoms with Crippen molar-refractivity contribution in [2.45, 2.75) is 25.8 Å². The van der Waals surface area contributed by atoms with Gasteiger partial charge in [-0.1, -0.05) is 0 Å². The van der Waals surface area contributed by atoms with Gasteiger partial charge in [0.1, 0.15) is 4.92 Å². The van der Waals surface area contributed by atoms with E-state index < -0.39 is 16.7 Å². The molecule has 1 aliphatic heterocycles. The number of nitro groups is 1. The molecule has 2 N–H and O–H groups in total. The van der Waals surface area contributed by atoms with Gasteiger partial charge in [0.05, 0.1) is 6.07 Å². The summed E-state index contributed by atoms with van der Waals surface area (Å²) >= 11 is 0. The maximum atomic E-state index is 11.9. The van der Waals surface area contributed by atoms with Crippen LogP contribution >= 0.6 is 12.4 Å². The number of rotatable bonds is 4. The smallest absolute Gasteiger partial charge is 0.395 e. The fraction of sp³-hybridized carbons (Fsp3) is 0.583. The molecule has 1 saturated heterocycles. The summed E-state index contributed by atoms with van der Waals surface area (Å²) in [4.78, 5) is 21.7. The number of carbonyl (C=O) groups is 1. The number of nitrogens with zero attached hydrogens (tertiary/aromatic N) is 1. The van der Waals surface area contributed by atoms with Gasteiger partial charge in [0.2, 0.25) is 0 Å². The van der Waals surface area contributed by atoms with Crippen LogP contribution in [0.3, 0.4) is 0 Å². The van der Waals surface area contributed by atoms with Crippen molar-refractivity contribution in [2.24, 2.45) is 5.92 Å². The van der Waals surface area contributed by atoms with Crippen LogP contribution in [0.4, 0.5) is 5.88 Å². The lowest BCUT2D eigenvalue weighted by Crippen LogP contribution is -2.44. The first-order valence-corrected chi connectivity index (χ1v) is 6.33. The molecular formula is C12H18ClN3O4. The van der Waals surface area contributed by atoms with Crippen LogP contribution in [0.2, 0.25) is 0 Å². The maximum Gasteiger partial charge on any atom is 0.433 e. The van der Waals surface area contributed by atoms with E-state index in [0.717, 1.165) is 25.9 Å². The number of nitrogens with one attached hydrogen (secondary N) is 2. The number of halogens is 1. The van der Waals surface area contributed by atoms with Crippen LogP contribution in [0.5, 0.6) is 0 Å². The Balaban J connectivity index is 0.00000200. The first-order chi connectivity index (χ1) is 9.08. The van der Waals surface area contributed by atoms with Gasteiger partial charge in [-0.3, -0.25) is 14.9 Å². The molecule has 1 amide bonds. The molecule has 1 aliphatic rings. The molecule has 0 aromatic carbocycles. The summed E-state index contributed by atoms with van der Waals surface area (Å²) in [6.07, 6.45) is 2.16. The van der Waals surface area contributed by atoms with Crippen LogP contribution in [0.1, 0.15) is 30.3 Å². The number of piperidine rings is 1. The standard InChI is InChI=1S/C12H17N3O4.ClH/c1-8(9-3-2-6-13-7-9)14-12(16)10-4-5-11(19-10)15(17)18;/h4-5,8-9,13H,2-3,6-7H2,1H3,(H,14,16);1H. The monoisotopic (exact) mass is 303 g/mol. The number of carbonyl (C=O) groups excluding carboxylic acids is 1. The summed E-state index contributed by atoms with van der Waals surface area (Å²) in [5.41, 5.74) is 0. The Kier molecular flexibility index (Phi) is 5.97. The third kappa shape index (κ3) is 3.94. The molecule has 0 spiro atoms. The van der Waals surface area contributed by atoms with Gasteiger partial charge >= 0.3 is 5.88 Å². The Morgan fingerprint density at radius 2 is 2.35 bits per heavy atom. The fourth-order valence-corrected chi connectivity index (χ4v) is 2.25. The van der Waals surface area contributed by atoms with E-state index in [1.807, 2.05) is 6.92 Å². The Morgan fingerprint density at radius 3 is 2.90 bits per heavy atom. The van der Waals surface area contributed by atoms with Gasteiger partial charge in [-0.2, -0.15) is 0 Å². The fourth-order valence-electron chi connectivity index (χ4n) is 2.25. The van der Waals surface area contributed by atoms with E-state index in [-0.39, 0.29) is 24.2 Å². The molecule has 2 unspecified atom stereocenters. The second kappa shape index (κ2) is 7.25. The molecule has 0 aliphatic carbocycles. The maximum absolute atomic E-state index is 11.9. The predicted molar refractivity (Wildman–Crippen MR) is 75.1 cm³/mol. The van der Waals surface area contributed by atoms with Gasteiger partial charge in [0.15, 0.2) is 5.76 Å². The minimum Gasteiger partial charge on any atom is -0.395 e. The Bertz CT molecular complexity index is 471. The molecule has 8 heteroatoms. The van der Waals surface area contributed by atoms with Gasteiger partial charge in [0, 0.05) is 6.04 Å². The van der Waals surface area contributed by atoms with Crippen LogP contribution in [0, 0.1) is 16.0 Å². The normalized spacial score (nSPS) is 19.8. The van der Waals surface area contributed by atoms with E-state index in [1.54, 1.807) is 0 Å². The summed E-state index contributed by atoms with van der Waals surface area (Å²) in [6.45, 7) is 3.83. The van der Waals surface area contributed by atoms with E-state index in [1.165, 1.54) is 12.1 Å². The summed E-state index contributed by atoms with van der Waals surface area (Å²) in [5, 5.41) is 16.6. The van der Waals surface area contributed by atoms with Crippen LogP contribution in [-0.2, 0) is 0 Å². The van der Waals surface area contributed by atoms with Crippen LogP contribution < -0.4 is 10.6 Å². The van der Waals surface area contributed by atoms with Crippen molar-refractivity contribution in [2.75, 3.05) is 13.1 Å². The van der Waals surface area contributed by atoms with Crippen molar-refractivity contribution in [1.82, 2.24) is 10.6 Å². The van der Waals surface area contributed by atoms with Crippen molar-refractivity contribution in [3.8, 4) is 0 Å². The van der Waals surface area contributed by atoms with Gasteiger partial charge in [-0.05, 0) is 44.8 Å². The molecule has 112 valence electrons. The van der Waals surface area contributed by atoms with Gasteiger partial charge in [-0.15, -0.1) is 12.4 Å². The SMILES string of the molecule is CC(NC(=O)c1ccc([N+](=O)[O-])o1)C1CCCNC1.Cl. The molecule has 2 heterocycles. The number of furan rings is 1. The minimum absolute atomic E-state index is 0. The molecule has 20 heavy (non-hydrogen) atoms. The zero-order valence-electron chi connectivity index (χ0n) is 11.1. The quantitative estimate of drug-likeness (QED) is 0.652. The van der Waals surface area contributed by atoms with E-state index in [4.69, 9.17) is 4.42 Å². The van der Waals surface area contributed by atoms with E-state index in [0.29, 0.717) is 5.92 Å². The third-order valence-electron chi connectivity index (χ3n) is 3.40. The molecule has 2 atom stereocenters. The lowest BCUT2D eigenvalue weighted by atomic mass is 9.93. The van der Waals surface area contributed by atoms with Crippen LogP contribution in [0.15, 0.2) is 16.5 Å². The zero-order chi connectivity index (χ0) is 13.8.